The number of ether oxygens (including phenoxy) is 1. The molecule has 0 radical (unpaired) electrons. The summed E-state index contributed by atoms with van der Waals surface area (Å²) in [6.45, 7) is 0.742. The Kier molecular flexibility index (Phi) is 3.88. The van der Waals surface area contributed by atoms with Crippen LogP contribution in [0.2, 0.25) is 15.1 Å². The predicted molar refractivity (Wildman–Crippen MR) is 109 cm³/mol. The van der Waals surface area contributed by atoms with Crippen LogP contribution in [0.15, 0.2) is 54.6 Å². The van der Waals surface area contributed by atoms with Crippen molar-refractivity contribution in [3.05, 3.63) is 91.9 Å². The first-order chi connectivity index (χ1) is 12.6. The molecule has 1 saturated heterocycles. The third-order valence-electron chi connectivity index (χ3n) is 4.83. The van der Waals surface area contributed by atoms with E-state index in [-0.39, 0.29) is 6.10 Å². The van der Waals surface area contributed by atoms with Crippen LogP contribution in [0.4, 0.5) is 0 Å². The lowest BCUT2D eigenvalue weighted by Crippen LogP contribution is -1.89. The second-order valence-electron chi connectivity index (χ2n) is 6.54. The summed E-state index contributed by atoms with van der Waals surface area (Å²) in [5, 5.41) is 2.16. The molecule has 3 aromatic rings. The molecule has 0 bridgehead atoms. The first-order valence-electron chi connectivity index (χ1n) is 8.33. The van der Waals surface area contributed by atoms with Gasteiger partial charge in [-0.2, -0.15) is 0 Å². The van der Waals surface area contributed by atoms with Crippen molar-refractivity contribution in [1.29, 1.82) is 0 Å². The summed E-state index contributed by atoms with van der Waals surface area (Å²) in [7, 11) is 0. The lowest BCUT2D eigenvalue weighted by atomic mass is 9.97. The van der Waals surface area contributed by atoms with Crippen LogP contribution in [-0.2, 0) is 4.74 Å². The lowest BCUT2D eigenvalue weighted by molar-refractivity contribution is 0.416. The zero-order chi connectivity index (χ0) is 17.8. The molecule has 0 aromatic heterocycles. The van der Waals surface area contributed by atoms with Gasteiger partial charge in [-0.05, 0) is 81.4 Å². The van der Waals surface area contributed by atoms with Crippen molar-refractivity contribution in [3.8, 4) is 11.1 Å². The van der Waals surface area contributed by atoms with Crippen LogP contribution in [-0.4, -0.2) is 6.61 Å². The van der Waals surface area contributed by atoms with Crippen LogP contribution < -0.4 is 0 Å². The summed E-state index contributed by atoms with van der Waals surface area (Å²) < 4.78 is 5.56. The molecule has 1 aliphatic carbocycles. The molecule has 3 aromatic carbocycles. The minimum atomic E-state index is 0.126. The minimum absolute atomic E-state index is 0.126. The third kappa shape index (κ3) is 2.76. The molecule has 128 valence electrons. The number of hydrogen-bond donors (Lipinski definition) is 0. The van der Waals surface area contributed by atoms with Gasteiger partial charge in [0.25, 0.3) is 0 Å². The van der Waals surface area contributed by atoms with Gasteiger partial charge >= 0.3 is 0 Å². The molecule has 2 aliphatic rings. The summed E-state index contributed by atoms with van der Waals surface area (Å²) in [6.07, 6.45) is 2.28. The Morgan fingerprint density at radius 3 is 2.19 bits per heavy atom. The van der Waals surface area contributed by atoms with E-state index in [1.165, 1.54) is 11.1 Å². The molecule has 1 heterocycles. The van der Waals surface area contributed by atoms with Gasteiger partial charge < -0.3 is 4.74 Å². The number of halogens is 3. The standard InChI is InChI=1S/C22H13Cl3O/c23-13-3-1-12(2-4-13)7-17-18-8-14(24)5-6-16(18)22-19(17)9-15(25)10-20(22)21-11-26-21/h1-10,21H,11H2/b17-7-/t21-/m1/s1. The second kappa shape index (κ2) is 6.14. The average molecular weight is 400 g/mol. The monoisotopic (exact) mass is 398 g/mol. The molecule has 4 heteroatoms. The van der Waals surface area contributed by atoms with E-state index in [9.17, 15) is 0 Å². The highest BCUT2D eigenvalue weighted by molar-refractivity contribution is 6.32. The highest BCUT2D eigenvalue weighted by atomic mass is 35.5. The Morgan fingerprint density at radius 2 is 1.46 bits per heavy atom. The molecule has 0 saturated carbocycles. The summed E-state index contributed by atoms with van der Waals surface area (Å²) in [5.74, 6) is 0. The second-order valence-corrected chi connectivity index (χ2v) is 7.85. The molecule has 26 heavy (non-hydrogen) atoms. The normalized spacial score (nSPS) is 18.7. The van der Waals surface area contributed by atoms with E-state index in [4.69, 9.17) is 39.5 Å². The fourth-order valence-corrected chi connectivity index (χ4v) is 4.13. The maximum atomic E-state index is 6.44. The quantitative estimate of drug-likeness (QED) is 0.322. The minimum Gasteiger partial charge on any atom is -0.368 e. The number of rotatable bonds is 2. The first-order valence-corrected chi connectivity index (χ1v) is 9.46. The van der Waals surface area contributed by atoms with Gasteiger partial charge in [-0.3, -0.25) is 0 Å². The van der Waals surface area contributed by atoms with Crippen LogP contribution >= 0.6 is 34.8 Å². The first kappa shape index (κ1) is 16.4. The van der Waals surface area contributed by atoms with E-state index in [1.54, 1.807) is 0 Å². The Balaban J connectivity index is 1.79. The van der Waals surface area contributed by atoms with E-state index in [1.807, 2.05) is 48.5 Å². The van der Waals surface area contributed by atoms with Gasteiger partial charge in [-0.25, -0.2) is 0 Å². The van der Waals surface area contributed by atoms with Gasteiger partial charge in [-0.1, -0.05) is 53.0 Å². The average Bonchev–Trinajstić information content (AvgIpc) is 3.42. The van der Waals surface area contributed by atoms with E-state index < -0.39 is 0 Å². The highest BCUT2D eigenvalue weighted by Gasteiger charge is 2.34. The van der Waals surface area contributed by atoms with Gasteiger partial charge in [0.15, 0.2) is 0 Å². The smallest absolute Gasteiger partial charge is 0.107 e. The summed E-state index contributed by atoms with van der Waals surface area (Å²) in [4.78, 5) is 0. The van der Waals surface area contributed by atoms with Gasteiger partial charge in [0.2, 0.25) is 0 Å². The van der Waals surface area contributed by atoms with E-state index in [2.05, 4.69) is 12.1 Å². The van der Waals surface area contributed by atoms with Crippen LogP contribution in [0, 0.1) is 0 Å². The molecule has 0 unspecified atom stereocenters. The summed E-state index contributed by atoms with van der Waals surface area (Å²) in [6, 6.07) is 17.9. The van der Waals surface area contributed by atoms with Crippen molar-refractivity contribution in [2.24, 2.45) is 0 Å². The lowest BCUT2D eigenvalue weighted by Gasteiger charge is -2.08. The molecule has 1 nitrogen and oxygen atoms in total. The van der Waals surface area contributed by atoms with E-state index in [0.29, 0.717) is 5.02 Å². The van der Waals surface area contributed by atoms with Gasteiger partial charge in [0.1, 0.15) is 6.10 Å². The Hall–Kier alpha value is -1.77. The molecular formula is C22H13Cl3O. The molecule has 1 atom stereocenters. The number of epoxide rings is 1. The predicted octanol–water partition coefficient (Wildman–Crippen LogP) is 7.29. The van der Waals surface area contributed by atoms with E-state index >= 15 is 0 Å². The summed E-state index contributed by atoms with van der Waals surface area (Å²) in [5.41, 5.74) is 7.95. The topological polar surface area (TPSA) is 12.5 Å². The SMILES string of the molecule is Clc1ccc(/C=C2/c3cc(Cl)ccc3-c3c2cc(Cl)cc3[C@H]2CO2)cc1. The molecule has 1 fully saturated rings. The van der Waals surface area contributed by atoms with Gasteiger partial charge in [-0.15, -0.1) is 0 Å². The van der Waals surface area contributed by atoms with Crippen molar-refractivity contribution in [2.45, 2.75) is 6.10 Å². The molecule has 5 rings (SSSR count). The van der Waals surface area contributed by atoms with Crippen molar-refractivity contribution >= 4 is 46.5 Å². The molecule has 0 N–H and O–H groups in total. The molecule has 0 spiro atoms. The van der Waals surface area contributed by atoms with Crippen LogP contribution in [0.25, 0.3) is 22.8 Å². The number of hydrogen-bond acceptors (Lipinski definition) is 1. The van der Waals surface area contributed by atoms with Gasteiger partial charge in [0, 0.05) is 15.1 Å². The van der Waals surface area contributed by atoms with Crippen molar-refractivity contribution in [2.75, 3.05) is 6.61 Å². The molecule has 0 amide bonds. The maximum absolute atomic E-state index is 6.44. The van der Waals surface area contributed by atoms with Crippen LogP contribution in [0.3, 0.4) is 0 Å². The molecular weight excluding hydrogens is 387 g/mol. The zero-order valence-electron chi connectivity index (χ0n) is 13.6. The summed E-state index contributed by atoms with van der Waals surface area (Å²) >= 11 is 18.8. The fourth-order valence-electron chi connectivity index (χ4n) is 3.61. The van der Waals surface area contributed by atoms with Crippen LogP contribution in [0.5, 0.6) is 0 Å². The number of benzene rings is 3. The zero-order valence-corrected chi connectivity index (χ0v) is 15.9. The van der Waals surface area contributed by atoms with Crippen molar-refractivity contribution < 1.29 is 4.74 Å². The van der Waals surface area contributed by atoms with Crippen molar-refractivity contribution in [3.63, 3.8) is 0 Å². The Bertz CT molecular complexity index is 1060. The fraction of sp³-hybridized carbons (Fsp3) is 0.0909. The largest absolute Gasteiger partial charge is 0.368 e. The highest BCUT2D eigenvalue weighted by Crippen LogP contribution is 2.51. The van der Waals surface area contributed by atoms with Crippen LogP contribution in [0.1, 0.15) is 28.4 Å². The maximum Gasteiger partial charge on any atom is 0.107 e. The van der Waals surface area contributed by atoms with Gasteiger partial charge in [0.05, 0.1) is 6.61 Å². The number of fused-ring (bicyclic) bond motifs is 3. The molecule has 1 aliphatic heterocycles. The van der Waals surface area contributed by atoms with E-state index in [0.717, 1.165) is 44.5 Å². The third-order valence-corrected chi connectivity index (χ3v) is 5.53. The Labute approximate surface area is 166 Å². The Morgan fingerprint density at radius 1 is 0.769 bits per heavy atom. The van der Waals surface area contributed by atoms with Crippen molar-refractivity contribution in [1.82, 2.24) is 0 Å².